The number of fused-ring (bicyclic) bond motifs is 5. The largest absolute Gasteiger partial charge is 0.461 e. The van der Waals surface area contributed by atoms with Gasteiger partial charge in [0.05, 0.1) is 52.0 Å². The molecule has 9 heterocycles. The van der Waals surface area contributed by atoms with Crippen LogP contribution in [0.4, 0.5) is 19.4 Å². The molecule has 1 aliphatic carbocycles. The molecule has 7 aliphatic rings. The maximum atomic E-state index is 17.5. The van der Waals surface area contributed by atoms with E-state index in [0.29, 0.717) is 116 Å². The average molecular weight is 1060 g/mol. The van der Waals surface area contributed by atoms with Gasteiger partial charge in [-0.1, -0.05) is 42.3 Å². The number of imide groups is 1. The lowest BCUT2D eigenvalue weighted by Gasteiger charge is -2.36. The minimum Gasteiger partial charge on any atom is -0.461 e. The molecular formula is C61H67F2N9O6. The van der Waals surface area contributed by atoms with E-state index >= 15 is 8.78 Å². The van der Waals surface area contributed by atoms with Gasteiger partial charge in [-0.05, 0) is 144 Å². The molecule has 17 heteroatoms. The zero-order valence-electron chi connectivity index (χ0n) is 44.4. The standard InChI is InChI=1S/C61H67F2N9O6/c1-3-43-47(62)18-14-39-7-4-8-45(51(39)43)55-53(63)56-52-48(64-55)19-15-41-33-76-30-6-26-71(41)57(52)67-59(66-56)78-35-61-24-5-27-72(61)42(21-25-61)34-77-60(75)70-28-22-37(23-29-70)31-36-9-11-38(12-10-36)40-13-16-44-49(32-40)69(2)68-54(44)46-17-20-50(73)65-58(46)74/h1,4,7-8,13-14,16,18,32,36-38,41-42,46H,5-6,9-12,15,17,19-31,33-35H2,2H3,(H,65,73,74)/t36?,38?,41-,42-,46?,61-/m0/s1. The second kappa shape index (κ2) is 20.8. The lowest BCUT2D eigenvalue weighted by atomic mass is 9.74. The van der Waals surface area contributed by atoms with E-state index in [0.717, 1.165) is 87.3 Å². The Hall–Kier alpha value is -6.77. The highest BCUT2D eigenvalue weighted by Crippen LogP contribution is 2.46. The van der Waals surface area contributed by atoms with Gasteiger partial charge in [-0.25, -0.2) is 18.6 Å². The molecule has 3 aromatic carbocycles. The molecule has 0 radical (unpaired) electrons. The Morgan fingerprint density at radius 2 is 1.74 bits per heavy atom. The molecule has 78 heavy (non-hydrogen) atoms. The fourth-order valence-corrected chi connectivity index (χ4v) is 14.7. The molecule has 5 saturated heterocycles. The monoisotopic (exact) mass is 1060 g/mol. The van der Waals surface area contributed by atoms with E-state index in [9.17, 15) is 14.4 Å². The first kappa shape index (κ1) is 50.7. The van der Waals surface area contributed by atoms with Crippen molar-refractivity contribution >= 4 is 56.3 Å². The van der Waals surface area contributed by atoms with Crippen LogP contribution in [0.3, 0.4) is 0 Å². The number of ether oxygens (including phenoxy) is 3. The molecule has 6 fully saturated rings. The molecule has 3 aromatic heterocycles. The molecule has 13 rings (SSSR count). The molecule has 1 saturated carbocycles. The summed E-state index contributed by atoms with van der Waals surface area (Å²) in [6.07, 6.45) is 20.0. The van der Waals surface area contributed by atoms with E-state index in [-0.39, 0.29) is 58.3 Å². The van der Waals surface area contributed by atoms with Gasteiger partial charge in [0.1, 0.15) is 36.1 Å². The Bertz CT molecular complexity index is 3400. The number of nitrogens with one attached hydrogen (secondary N) is 1. The molecule has 6 aromatic rings. The van der Waals surface area contributed by atoms with Gasteiger partial charge in [0.15, 0.2) is 5.82 Å². The fraction of sp³-hybridized carbons (Fsp3) is 0.525. The fourth-order valence-electron chi connectivity index (χ4n) is 14.7. The van der Waals surface area contributed by atoms with E-state index < -0.39 is 17.6 Å². The van der Waals surface area contributed by atoms with Gasteiger partial charge in [-0.15, -0.1) is 6.42 Å². The Labute approximate surface area is 452 Å². The summed E-state index contributed by atoms with van der Waals surface area (Å²) in [5.41, 5.74) is 4.11. The number of amides is 3. The predicted molar refractivity (Wildman–Crippen MR) is 291 cm³/mol. The van der Waals surface area contributed by atoms with E-state index in [2.05, 4.69) is 39.2 Å². The average Bonchev–Trinajstić information content (AvgIpc) is 4.13. The van der Waals surface area contributed by atoms with Gasteiger partial charge in [0.2, 0.25) is 11.8 Å². The Morgan fingerprint density at radius 3 is 2.58 bits per heavy atom. The van der Waals surface area contributed by atoms with Crippen molar-refractivity contribution in [2.75, 3.05) is 57.5 Å². The summed E-state index contributed by atoms with van der Waals surface area (Å²) in [5.74, 6) is 2.78. The third-order valence-electron chi connectivity index (χ3n) is 18.9. The Balaban J connectivity index is 0.634. The molecule has 3 amide bonds. The van der Waals surface area contributed by atoms with Crippen LogP contribution in [0.15, 0.2) is 48.5 Å². The van der Waals surface area contributed by atoms with E-state index in [1.54, 1.807) is 18.2 Å². The number of anilines is 1. The maximum absolute atomic E-state index is 17.5. The summed E-state index contributed by atoms with van der Waals surface area (Å²) in [6, 6.07) is 15.1. The maximum Gasteiger partial charge on any atom is 0.409 e. The van der Waals surface area contributed by atoms with Crippen LogP contribution in [0.1, 0.15) is 131 Å². The van der Waals surface area contributed by atoms with Gasteiger partial charge in [-0.2, -0.15) is 15.1 Å². The number of hydrogen-bond acceptors (Lipinski definition) is 12. The van der Waals surface area contributed by atoms with Crippen LogP contribution in [-0.4, -0.2) is 123 Å². The number of carbonyl (C=O) groups is 3. The number of piperidine rings is 2. The first-order chi connectivity index (χ1) is 38.0. The van der Waals surface area contributed by atoms with Crippen molar-refractivity contribution in [1.29, 1.82) is 0 Å². The number of nitrogens with zero attached hydrogens (tertiary/aromatic N) is 8. The van der Waals surface area contributed by atoms with Gasteiger partial charge in [-0.3, -0.25) is 24.5 Å². The van der Waals surface area contributed by atoms with Crippen molar-refractivity contribution in [3.05, 3.63) is 82.7 Å². The van der Waals surface area contributed by atoms with Crippen LogP contribution in [0.25, 0.3) is 43.8 Å². The van der Waals surface area contributed by atoms with Crippen molar-refractivity contribution < 1.29 is 37.4 Å². The van der Waals surface area contributed by atoms with Crippen molar-refractivity contribution in [2.45, 2.75) is 132 Å². The van der Waals surface area contributed by atoms with Crippen LogP contribution >= 0.6 is 0 Å². The SMILES string of the molecule is C#Cc1c(F)ccc2cccc(-c3nc4c5c(nc(OC[C@@]67CCCN6[C@H](COC(=O)N6CCC(CC8CCC(c9ccc%10c(C%11CCC(=O)NC%11=O)nn(C)c%10c9)CC8)CC6)CC7)nc5c3F)N3CCCOC[C@@H]3CC4)c12. The lowest BCUT2D eigenvalue weighted by Crippen LogP contribution is -2.48. The van der Waals surface area contributed by atoms with Crippen molar-refractivity contribution in [1.82, 2.24) is 39.8 Å². The minimum absolute atomic E-state index is 0.00138. The number of hydrogen-bond donors (Lipinski definition) is 1. The van der Waals surface area contributed by atoms with Crippen LogP contribution in [0.2, 0.25) is 0 Å². The summed E-state index contributed by atoms with van der Waals surface area (Å²) in [5, 5.41) is 9.89. The molecule has 4 atom stereocenters. The van der Waals surface area contributed by atoms with Crippen molar-refractivity contribution in [3.8, 4) is 29.6 Å². The molecule has 0 bridgehead atoms. The molecule has 6 aliphatic heterocycles. The smallest absolute Gasteiger partial charge is 0.409 e. The predicted octanol–water partition coefficient (Wildman–Crippen LogP) is 9.64. The second-order valence-electron chi connectivity index (χ2n) is 23.3. The molecule has 1 unspecified atom stereocenters. The number of aryl methyl sites for hydroxylation is 2. The van der Waals surface area contributed by atoms with Gasteiger partial charge in [0, 0.05) is 62.1 Å². The quantitative estimate of drug-likeness (QED) is 0.103. The number of likely N-dealkylation sites (tertiary alicyclic amines) is 1. The molecule has 1 N–H and O–H groups in total. The molecular weight excluding hydrogens is 993 g/mol. The topological polar surface area (TPSA) is 157 Å². The number of aromatic nitrogens is 5. The third kappa shape index (κ3) is 9.19. The Kier molecular flexibility index (Phi) is 13.5. The highest BCUT2D eigenvalue weighted by molar-refractivity contribution is 6.04. The Morgan fingerprint density at radius 1 is 0.897 bits per heavy atom. The van der Waals surface area contributed by atoms with Crippen LogP contribution in [0.5, 0.6) is 6.01 Å². The molecule has 0 spiro atoms. The van der Waals surface area contributed by atoms with Gasteiger partial charge < -0.3 is 24.0 Å². The highest BCUT2D eigenvalue weighted by Gasteiger charge is 2.50. The minimum atomic E-state index is -0.638. The number of rotatable bonds is 10. The van der Waals surface area contributed by atoms with E-state index in [4.69, 9.17) is 40.7 Å². The second-order valence-corrected chi connectivity index (χ2v) is 23.3. The summed E-state index contributed by atoms with van der Waals surface area (Å²) < 4.78 is 53.4. The summed E-state index contributed by atoms with van der Waals surface area (Å²) in [7, 11) is 1.93. The number of halogens is 2. The van der Waals surface area contributed by atoms with Crippen LogP contribution in [0, 0.1) is 35.8 Å². The number of pyridine rings is 1. The van der Waals surface area contributed by atoms with Crippen molar-refractivity contribution in [3.63, 3.8) is 0 Å². The number of benzene rings is 3. The zero-order chi connectivity index (χ0) is 53.2. The van der Waals surface area contributed by atoms with Crippen LogP contribution in [-0.2, 0) is 32.5 Å². The molecule has 406 valence electrons. The van der Waals surface area contributed by atoms with Crippen molar-refractivity contribution in [2.24, 2.45) is 18.9 Å². The third-order valence-corrected chi connectivity index (χ3v) is 18.9. The van der Waals surface area contributed by atoms with Gasteiger partial charge in [0.25, 0.3) is 0 Å². The number of terminal acetylenes is 1. The normalized spacial score (nSPS) is 25.9. The summed E-state index contributed by atoms with van der Waals surface area (Å²) in [4.78, 5) is 59.6. The first-order valence-electron chi connectivity index (χ1n) is 28.6. The molecule has 15 nitrogen and oxygen atoms in total. The first-order valence-corrected chi connectivity index (χ1v) is 28.6. The zero-order valence-corrected chi connectivity index (χ0v) is 44.4. The lowest BCUT2D eigenvalue weighted by molar-refractivity contribution is -0.134. The summed E-state index contributed by atoms with van der Waals surface area (Å²) >= 11 is 0. The van der Waals surface area contributed by atoms with Crippen LogP contribution < -0.4 is 15.0 Å². The van der Waals surface area contributed by atoms with E-state index in [1.165, 1.54) is 30.9 Å². The van der Waals surface area contributed by atoms with Gasteiger partial charge >= 0.3 is 12.1 Å². The summed E-state index contributed by atoms with van der Waals surface area (Å²) in [6.45, 7) is 4.72. The van der Waals surface area contributed by atoms with E-state index in [1.807, 2.05) is 22.7 Å². The highest BCUT2D eigenvalue weighted by atomic mass is 19.1. The number of carbonyl (C=O) groups excluding carboxylic acids is 3.